The lowest BCUT2D eigenvalue weighted by Crippen LogP contribution is -2.59. The van der Waals surface area contributed by atoms with E-state index in [0.717, 1.165) is 37.5 Å². The molecule has 7 rings (SSSR count). The van der Waals surface area contributed by atoms with E-state index in [2.05, 4.69) is 15.5 Å². The summed E-state index contributed by atoms with van der Waals surface area (Å²) in [6, 6.07) is 19.5. The Morgan fingerprint density at radius 3 is 2.20 bits per heavy atom. The Morgan fingerprint density at radius 1 is 0.941 bits per heavy atom. The Bertz CT molecular complexity index is 1790. The van der Waals surface area contributed by atoms with Gasteiger partial charge in [0.15, 0.2) is 6.29 Å². The Balaban J connectivity index is 1.44. The van der Waals surface area contributed by atoms with Crippen LogP contribution in [0.3, 0.4) is 0 Å². The maximum Gasteiger partial charge on any atom is 0.408 e. The third-order valence-electron chi connectivity index (χ3n) is 9.87. The molecule has 0 aromatic heterocycles. The molecule has 3 aliphatic heterocycles. The van der Waals surface area contributed by atoms with E-state index in [1.165, 1.54) is 11.0 Å². The van der Waals surface area contributed by atoms with E-state index in [9.17, 15) is 19.2 Å². The molecule has 10 nitrogen and oxygen atoms in total. The van der Waals surface area contributed by atoms with Crippen molar-refractivity contribution < 1.29 is 28.3 Å². The minimum Gasteiger partial charge on any atom is -0.444 e. The molecule has 2 bridgehead atoms. The van der Waals surface area contributed by atoms with Crippen molar-refractivity contribution in [3.63, 3.8) is 0 Å². The normalized spacial score (nSPS) is 21.7. The van der Waals surface area contributed by atoms with E-state index in [-0.39, 0.29) is 17.7 Å². The molecule has 1 aliphatic carbocycles. The molecular formula is C40H46FN5O5. The second-order valence-electron chi connectivity index (χ2n) is 14.8. The second kappa shape index (κ2) is 15.1. The van der Waals surface area contributed by atoms with Crippen LogP contribution in [0.5, 0.6) is 0 Å². The Morgan fingerprint density at radius 2 is 1.57 bits per heavy atom. The second-order valence-corrected chi connectivity index (χ2v) is 14.8. The number of hydrogen-bond donors (Lipinski definition) is 2. The molecule has 1 saturated carbocycles. The molecule has 1 unspecified atom stereocenters. The number of hydrogen-bond acceptors (Lipinski definition) is 7. The summed E-state index contributed by atoms with van der Waals surface area (Å²) in [6.45, 7) is 8.30. The summed E-state index contributed by atoms with van der Waals surface area (Å²) < 4.78 is 21.1. The highest BCUT2D eigenvalue weighted by Crippen LogP contribution is 2.38. The summed E-state index contributed by atoms with van der Waals surface area (Å²) >= 11 is 0. The molecule has 4 aliphatic rings. The lowest BCUT2D eigenvalue weighted by Gasteiger charge is -2.38. The predicted molar refractivity (Wildman–Crippen MR) is 193 cm³/mol. The molecule has 0 spiro atoms. The molecule has 3 fully saturated rings. The van der Waals surface area contributed by atoms with Gasteiger partial charge in [0.05, 0.1) is 11.4 Å². The van der Waals surface area contributed by atoms with E-state index in [1.54, 1.807) is 51.1 Å². The van der Waals surface area contributed by atoms with Gasteiger partial charge in [0.2, 0.25) is 12.1 Å². The first-order valence-electron chi connectivity index (χ1n) is 17.7. The van der Waals surface area contributed by atoms with Gasteiger partial charge in [-0.15, -0.1) is 0 Å². The number of benzene rings is 3. The van der Waals surface area contributed by atoms with Crippen molar-refractivity contribution in [3.8, 4) is 0 Å². The van der Waals surface area contributed by atoms with Crippen LogP contribution in [-0.2, 0) is 25.5 Å². The lowest BCUT2D eigenvalue weighted by molar-refractivity contribution is -0.130. The average molecular weight is 696 g/mol. The molecule has 3 heterocycles. The number of halogens is 1. The van der Waals surface area contributed by atoms with E-state index in [0.29, 0.717) is 41.7 Å². The number of rotatable bonds is 9. The van der Waals surface area contributed by atoms with Crippen LogP contribution in [0.4, 0.5) is 14.9 Å². The van der Waals surface area contributed by atoms with Crippen molar-refractivity contribution in [3.05, 3.63) is 101 Å². The highest BCUT2D eigenvalue weighted by atomic mass is 19.1. The molecule has 3 amide bonds. The molecule has 3 aromatic rings. The fraction of sp³-hybridized carbons (Fsp3) is 0.425. The van der Waals surface area contributed by atoms with Crippen molar-refractivity contribution in [2.75, 3.05) is 18.0 Å². The smallest absolute Gasteiger partial charge is 0.408 e. The zero-order chi connectivity index (χ0) is 36.3. The van der Waals surface area contributed by atoms with Crippen LogP contribution in [0, 0.1) is 24.6 Å². The number of anilines is 1. The van der Waals surface area contributed by atoms with Crippen LogP contribution in [0.1, 0.15) is 68.7 Å². The van der Waals surface area contributed by atoms with Crippen LogP contribution in [0.25, 0.3) is 0 Å². The Hall–Kier alpha value is -4.90. The number of aldehydes is 1. The van der Waals surface area contributed by atoms with Gasteiger partial charge in [-0.1, -0.05) is 60.7 Å². The van der Waals surface area contributed by atoms with Gasteiger partial charge in [-0.2, -0.15) is 0 Å². The summed E-state index contributed by atoms with van der Waals surface area (Å²) in [5.41, 5.74) is 1.82. The van der Waals surface area contributed by atoms with Crippen molar-refractivity contribution in [2.24, 2.45) is 16.8 Å². The number of nitrogens with zero attached hydrogens (tertiary/aromatic N) is 3. The van der Waals surface area contributed by atoms with Gasteiger partial charge >= 0.3 is 6.09 Å². The number of aliphatic imine (C=N–C) groups is 1. The van der Waals surface area contributed by atoms with Crippen LogP contribution < -0.4 is 15.5 Å². The number of para-hydroxylation sites is 1. The number of benzodiazepines with no additional fused rings is 1. The summed E-state index contributed by atoms with van der Waals surface area (Å²) in [6.07, 6.45) is 1.80. The van der Waals surface area contributed by atoms with Gasteiger partial charge in [-0.3, -0.25) is 24.2 Å². The minimum atomic E-state index is -1.57. The standard InChI is InChI=1S/C40H46FN5O5/c1-25-11-10-15-30-34(29-14-8-9-16-31(29)41)43-36(38(49)46(35(25)30)33(24-47)45-22-27-17-18-28(23-45)20-19-27)44-37(48)32(21-26-12-6-5-7-13-26)42-39(50)51-40(2,3)4/h5-16,24,27-28,32-33,36H,17-23H2,1-4H3,(H,42,50)(H,44,48)/t27?,28?,32-,33?,36+/m0/s1. The number of amides is 3. The van der Waals surface area contributed by atoms with Crippen molar-refractivity contribution in [1.82, 2.24) is 15.5 Å². The summed E-state index contributed by atoms with van der Waals surface area (Å²) in [5.74, 6) is -1.09. The molecule has 3 aromatic carbocycles. The number of fused-ring (bicyclic) bond motifs is 5. The summed E-state index contributed by atoms with van der Waals surface area (Å²) in [7, 11) is 0. The largest absolute Gasteiger partial charge is 0.444 e. The maximum absolute atomic E-state index is 15.6. The van der Waals surface area contributed by atoms with Gasteiger partial charge in [0.25, 0.3) is 5.91 Å². The van der Waals surface area contributed by atoms with E-state index in [1.807, 2.05) is 43.3 Å². The zero-order valence-electron chi connectivity index (χ0n) is 29.6. The number of nitrogens with one attached hydrogen (secondary N) is 2. The third kappa shape index (κ3) is 8.20. The number of ether oxygens (including phenoxy) is 1. The van der Waals surface area contributed by atoms with E-state index in [4.69, 9.17) is 9.73 Å². The van der Waals surface area contributed by atoms with E-state index >= 15 is 4.39 Å². The molecule has 11 heteroatoms. The topological polar surface area (TPSA) is 120 Å². The van der Waals surface area contributed by atoms with Crippen LogP contribution in [0.2, 0.25) is 0 Å². The maximum atomic E-state index is 15.6. The molecule has 268 valence electrons. The molecule has 3 atom stereocenters. The van der Waals surface area contributed by atoms with E-state index < -0.39 is 47.7 Å². The summed E-state index contributed by atoms with van der Waals surface area (Å²) in [5, 5.41) is 5.45. The van der Waals surface area contributed by atoms with Crippen LogP contribution >= 0.6 is 0 Å². The first kappa shape index (κ1) is 35.9. The van der Waals surface area contributed by atoms with Crippen molar-refractivity contribution >= 4 is 35.6 Å². The zero-order valence-corrected chi connectivity index (χ0v) is 29.6. The van der Waals surface area contributed by atoms with Gasteiger partial charge in [0.1, 0.15) is 23.6 Å². The first-order chi connectivity index (χ1) is 24.4. The molecule has 0 radical (unpaired) electrons. The van der Waals surface area contributed by atoms with Crippen LogP contribution in [-0.4, -0.2) is 71.9 Å². The first-order valence-corrected chi connectivity index (χ1v) is 17.7. The van der Waals surface area contributed by atoms with Crippen molar-refractivity contribution in [2.45, 2.75) is 83.8 Å². The fourth-order valence-electron chi connectivity index (χ4n) is 7.50. The third-order valence-corrected chi connectivity index (χ3v) is 9.87. The number of carbonyl (C=O) groups excluding carboxylic acids is 4. The molecule has 2 saturated heterocycles. The molecule has 2 N–H and O–H groups in total. The number of carbonyl (C=O) groups is 4. The van der Waals surface area contributed by atoms with Gasteiger partial charge in [-0.05, 0) is 88.5 Å². The molecule has 51 heavy (non-hydrogen) atoms. The average Bonchev–Trinajstić information content (AvgIpc) is 3.47. The minimum absolute atomic E-state index is 0.0906. The fourth-order valence-corrected chi connectivity index (χ4v) is 7.50. The summed E-state index contributed by atoms with van der Waals surface area (Å²) in [4.78, 5) is 63.7. The number of alkyl carbamates (subject to hydrolysis) is 1. The van der Waals surface area contributed by atoms with Gasteiger partial charge in [0, 0.05) is 30.6 Å². The SMILES string of the molecule is Cc1cccc2c1N(C(C=O)N1CC3CCC(CC3)C1)C(=O)[C@@H](NC(=O)[C@H](Cc1ccccc1)NC(=O)OC(C)(C)C)N=C2c1ccccc1F. The highest BCUT2D eigenvalue weighted by molar-refractivity contribution is 6.21. The predicted octanol–water partition coefficient (Wildman–Crippen LogP) is 5.54. The highest BCUT2D eigenvalue weighted by Gasteiger charge is 2.43. The van der Waals surface area contributed by atoms with Crippen LogP contribution in [0.15, 0.2) is 77.8 Å². The Labute approximate surface area is 298 Å². The Kier molecular flexibility index (Phi) is 10.7. The lowest BCUT2D eigenvalue weighted by atomic mass is 9.84. The quantitative estimate of drug-likeness (QED) is 0.284. The monoisotopic (exact) mass is 695 g/mol. The molecular weight excluding hydrogens is 649 g/mol. The van der Waals surface area contributed by atoms with Gasteiger partial charge < -0.3 is 15.4 Å². The number of aryl methyl sites for hydroxylation is 1. The van der Waals surface area contributed by atoms with Crippen molar-refractivity contribution in [1.29, 1.82) is 0 Å². The van der Waals surface area contributed by atoms with Gasteiger partial charge in [-0.25, -0.2) is 14.2 Å².